The molecule has 1 fully saturated rings. The molecule has 2 amide bonds. The average molecular weight is 294 g/mol. The van der Waals surface area contributed by atoms with E-state index in [1.54, 1.807) is 23.2 Å². The van der Waals surface area contributed by atoms with Crippen LogP contribution in [0, 0.1) is 5.92 Å². The lowest BCUT2D eigenvalue weighted by Gasteiger charge is -2.31. The number of nitrogens with zero attached hydrogens (tertiary/aromatic N) is 2. The molecule has 1 aromatic heterocycles. The maximum absolute atomic E-state index is 12.1. The number of carbonyl (C=O) groups excluding carboxylic acids is 2. The molecule has 4 N–H and O–H groups in total. The van der Waals surface area contributed by atoms with Crippen molar-refractivity contribution in [2.75, 3.05) is 24.6 Å². The lowest BCUT2D eigenvalue weighted by atomic mass is 9.97. The van der Waals surface area contributed by atoms with Crippen molar-refractivity contribution in [3.8, 4) is 0 Å². The number of carbonyl (C=O) groups is 2. The van der Waals surface area contributed by atoms with Gasteiger partial charge in [-0.1, -0.05) is 11.8 Å². The van der Waals surface area contributed by atoms with E-state index in [9.17, 15) is 9.59 Å². The number of nitrogens with two attached hydrogens (primary N) is 2. The predicted molar refractivity (Wildman–Crippen MR) is 77.9 cm³/mol. The molecule has 0 aliphatic carbocycles. The van der Waals surface area contributed by atoms with E-state index < -0.39 is 0 Å². The number of nitrogen functional groups attached to an aromatic ring is 1. The second-order valence-corrected chi connectivity index (χ2v) is 5.80. The molecule has 0 spiro atoms. The zero-order valence-electron chi connectivity index (χ0n) is 11.1. The van der Waals surface area contributed by atoms with E-state index in [1.165, 1.54) is 11.8 Å². The molecule has 6 nitrogen and oxygen atoms in total. The minimum Gasteiger partial charge on any atom is -0.397 e. The number of rotatable bonds is 4. The molecule has 1 unspecified atom stereocenters. The van der Waals surface area contributed by atoms with E-state index >= 15 is 0 Å². The summed E-state index contributed by atoms with van der Waals surface area (Å²) in [6, 6.07) is 3.54. The minimum atomic E-state index is -0.324. The molecular weight excluding hydrogens is 276 g/mol. The number of pyridine rings is 1. The summed E-state index contributed by atoms with van der Waals surface area (Å²) < 4.78 is 0. The van der Waals surface area contributed by atoms with Crippen molar-refractivity contribution in [1.82, 2.24) is 9.88 Å². The standard InChI is InChI=1S/C13H18N4O2S/c14-10-3-4-11(16-6-10)20-8-12(18)17-5-1-2-9(7-17)13(15)19/h3-4,6,9H,1-2,5,7-8,14H2,(H2,15,19). The number of likely N-dealkylation sites (tertiary alicyclic amines) is 1. The molecule has 1 aromatic rings. The smallest absolute Gasteiger partial charge is 0.233 e. The van der Waals surface area contributed by atoms with Crippen molar-refractivity contribution in [3.63, 3.8) is 0 Å². The van der Waals surface area contributed by atoms with Gasteiger partial charge in [-0.2, -0.15) is 0 Å². The quantitative estimate of drug-likeness (QED) is 0.786. The summed E-state index contributed by atoms with van der Waals surface area (Å²) in [4.78, 5) is 29.1. The van der Waals surface area contributed by atoms with Crippen LogP contribution < -0.4 is 11.5 Å². The number of anilines is 1. The summed E-state index contributed by atoms with van der Waals surface area (Å²) in [7, 11) is 0. The van der Waals surface area contributed by atoms with Crippen LogP contribution >= 0.6 is 11.8 Å². The molecule has 0 radical (unpaired) electrons. The Morgan fingerprint density at radius 2 is 2.25 bits per heavy atom. The summed E-state index contributed by atoms with van der Waals surface area (Å²) >= 11 is 1.37. The Labute approximate surface area is 121 Å². The van der Waals surface area contributed by atoms with Crippen LogP contribution in [0.3, 0.4) is 0 Å². The third kappa shape index (κ3) is 3.86. The molecule has 20 heavy (non-hydrogen) atoms. The predicted octanol–water partition coefficient (Wildman–Crippen LogP) is 0.480. The monoisotopic (exact) mass is 294 g/mol. The van der Waals surface area contributed by atoms with Gasteiger partial charge in [-0.25, -0.2) is 4.98 Å². The highest BCUT2D eigenvalue weighted by atomic mass is 32.2. The fraction of sp³-hybridized carbons (Fsp3) is 0.462. The minimum absolute atomic E-state index is 0.0135. The highest BCUT2D eigenvalue weighted by Crippen LogP contribution is 2.20. The molecule has 2 rings (SSSR count). The fourth-order valence-corrected chi connectivity index (χ4v) is 2.89. The molecule has 0 saturated carbocycles. The Kier molecular flexibility index (Phi) is 4.84. The van der Waals surface area contributed by atoms with Crippen LogP contribution in [0.15, 0.2) is 23.4 Å². The second-order valence-electron chi connectivity index (χ2n) is 4.80. The van der Waals surface area contributed by atoms with E-state index in [1.807, 2.05) is 0 Å². The Balaban J connectivity index is 1.85. The molecule has 1 saturated heterocycles. The Hall–Kier alpha value is -1.76. The van der Waals surface area contributed by atoms with Gasteiger partial charge in [0.05, 0.1) is 28.6 Å². The fourth-order valence-electron chi connectivity index (χ4n) is 2.14. The zero-order valence-corrected chi connectivity index (χ0v) is 11.9. The van der Waals surface area contributed by atoms with E-state index in [-0.39, 0.29) is 17.7 Å². The van der Waals surface area contributed by atoms with E-state index in [2.05, 4.69) is 4.98 Å². The first-order chi connectivity index (χ1) is 9.56. The van der Waals surface area contributed by atoms with Crippen LogP contribution in [0.25, 0.3) is 0 Å². The van der Waals surface area contributed by atoms with Gasteiger partial charge >= 0.3 is 0 Å². The summed E-state index contributed by atoms with van der Waals surface area (Å²) in [6.07, 6.45) is 3.16. The highest BCUT2D eigenvalue weighted by molar-refractivity contribution is 7.99. The summed E-state index contributed by atoms with van der Waals surface area (Å²) in [5.74, 6) is -0.218. The Morgan fingerprint density at radius 1 is 1.45 bits per heavy atom. The van der Waals surface area contributed by atoms with E-state index in [0.29, 0.717) is 24.5 Å². The van der Waals surface area contributed by atoms with Gasteiger partial charge in [0.2, 0.25) is 11.8 Å². The average Bonchev–Trinajstić information content (AvgIpc) is 2.46. The largest absolute Gasteiger partial charge is 0.397 e. The lowest BCUT2D eigenvalue weighted by Crippen LogP contribution is -2.44. The van der Waals surface area contributed by atoms with Gasteiger partial charge in [-0.05, 0) is 25.0 Å². The van der Waals surface area contributed by atoms with Crippen LogP contribution in [0.5, 0.6) is 0 Å². The number of primary amides is 1. The van der Waals surface area contributed by atoms with Gasteiger partial charge in [0.1, 0.15) is 0 Å². The van der Waals surface area contributed by atoms with Crippen LogP contribution in [-0.4, -0.2) is 40.5 Å². The van der Waals surface area contributed by atoms with Crippen molar-refractivity contribution in [3.05, 3.63) is 18.3 Å². The molecule has 7 heteroatoms. The molecule has 108 valence electrons. The summed E-state index contributed by atoms with van der Waals surface area (Å²) in [5, 5.41) is 0.760. The maximum atomic E-state index is 12.1. The number of hydrogen-bond acceptors (Lipinski definition) is 5. The van der Waals surface area contributed by atoms with Gasteiger partial charge in [0.15, 0.2) is 0 Å². The summed E-state index contributed by atoms with van der Waals surface area (Å²) in [5.41, 5.74) is 11.5. The van der Waals surface area contributed by atoms with Gasteiger partial charge in [-0.3, -0.25) is 9.59 Å². The van der Waals surface area contributed by atoms with Crippen molar-refractivity contribution in [2.45, 2.75) is 17.9 Å². The maximum Gasteiger partial charge on any atom is 0.233 e. The van der Waals surface area contributed by atoms with Crippen LogP contribution in [0.4, 0.5) is 5.69 Å². The Morgan fingerprint density at radius 3 is 2.90 bits per heavy atom. The molecule has 0 bridgehead atoms. The molecule has 1 aliphatic rings. The first kappa shape index (κ1) is 14.6. The lowest BCUT2D eigenvalue weighted by molar-refractivity contribution is -0.132. The molecule has 0 aromatic carbocycles. The molecular formula is C13H18N4O2S. The number of thioether (sulfide) groups is 1. The normalized spacial score (nSPS) is 18.8. The summed E-state index contributed by atoms with van der Waals surface area (Å²) in [6.45, 7) is 1.13. The van der Waals surface area contributed by atoms with Gasteiger partial charge < -0.3 is 16.4 Å². The number of hydrogen-bond donors (Lipinski definition) is 2. The molecule has 1 aliphatic heterocycles. The Bertz CT molecular complexity index is 492. The van der Waals surface area contributed by atoms with Crippen molar-refractivity contribution >= 4 is 29.3 Å². The third-order valence-electron chi connectivity index (χ3n) is 3.28. The van der Waals surface area contributed by atoms with Crippen molar-refractivity contribution in [1.29, 1.82) is 0 Å². The molecule has 2 heterocycles. The number of aromatic nitrogens is 1. The van der Waals surface area contributed by atoms with Crippen molar-refractivity contribution < 1.29 is 9.59 Å². The number of amides is 2. The first-order valence-electron chi connectivity index (χ1n) is 6.47. The topological polar surface area (TPSA) is 102 Å². The van der Waals surface area contributed by atoms with Crippen LogP contribution in [-0.2, 0) is 9.59 Å². The van der Waals surface area contributed by atoms with Crippen LogP contribution in [0.1, 0.15) is 12.8 Å². The van der Waals surface area contributed by atoms with E-state index in [0.717, 1.165) is 17.9 Å². The molecule has 1 atom stereocenters. The zero-order chi connectivity index (χ0) is 14.5. The third-order valence-corrected chi connectivity index (χ3v) is 4.21. The van der Waals surface area contributed by atoms with Gasteiger partial charge in [0.25, 0.3) is 0 Å². The first-order valence-corrected chi connectivity index (χ1v) is 7.46. The van der Waals surface area contributed by atoms with Gasteiger partial charge in [-0.15, -0.1) is 0 Å². The van der Waals surface area contributed by atoms with E-state index in [4.69, 9.17) is 11.5 Å². The second kappa shape index (κ2) is 6.60. The number of piperidine rings is 1. The highest BCUT2D eigenvalue weighted by Gasteiger charge is 2.26. The van der Waals surface area contributed by atoms with Crippen molar-refractivity contribution in [2.24, 2.45) is 11.7 Å². The van der Waals surface area contributed by atoms with Gasteiger partial charge in [0, 0.05) is 13.1 Å². The SMILES string of the molecule is NC(=O)C1CCCN(C(=O)CSc2ccc(N)cn2)C1. The van der Waals surface area contributed by atoms with Crippen LogP contribution in [0.2, 0.25) is 0 Å².